The topological polar surface area (TPSA) is 64.3 Å². The molecular formula is C17H24N2O2. The van der Waals surface area contributed by atoms with Gasteiger partial charge in [-0.15, -0.1) is 0 Å². The average Bonchev–Trinajstić information content (AvgIpc) is 3.20. The Labute approximate surface area is 126 Å². The normalized spacial score (nSPS) is 24.6. The number of nitrogen functional groups attached to an aromatic ring is 1. The standard InChI is InChI=1S/C17H24N2O2/c1-4-17(7-8-17)15(20)19-13-10-16(2,3)21-14-6-5-11(18)9-12(13)14/h5-6,9,13H,4,7-8,10,18H2,1-3H3,(H,19,20). The molecule has 1 fully saturated rings. The minimum atomic E-state index is -0.288. The number of nitrogens with one attached hydrogen (secondary N) is 1. The van der Waals surface area contributed by atoms with E-state index in [1.807, 2.05) is 18.2 Å². The van der Waals surface area contributed by atoms with Crippen LogP contribution in [0.5, 0.6) is 5.75 Å². The van der Waals surface area contributed by atoms with Gasteiger partial charge in [0, 0.05) is 23.1 Å². The highest BCUT2D eigenvalue weighted by atomic mass is 16.5. The van der Waals surface area contributed by atoms with Gasteiger partial charge in [-0.1, -0.05) is 6.92 Å². The van der Waals surface area contributed by atoms with Crippen molar-refractivity contribution in [1.82, 2.24) is 5.32 Å². The monoisotopic (exact) mass is 288 g/mol. The average molecular weight is 288 g/mol. The molecule has 1 saturated carbocycles. The van der Waals surface area contributed by atoms with Gasteiger partial charge in [0.2, 0.25) is 5.91 Å². The van der Waals surface area contributed by atoms with Gasteiger partial charge >= 0.3 is 0 Å². The molecule has 0 bridgehead atoms. The summed E-state index contributed by atoms with van der Waals surface area (Å²) in [5, 5.41) is 3.24. The van der Waals surface area contributed by atoms with Gasteiger partial charge in [-0.05, 0) is 51.3 Å². The lowest BCUT2D eigenvalue weighted by Gasteiger charge is -2.38. The summed E-state index contributed by atoms with van der Waals surface area (Å²) in [5.74, 6) is 1.01. The van der Waals surface area contributed by atoms with Crippen molar-refractivity contribution in [3.05, 3.63) is 23.8 Å². The third-order valence-electron chi connectivity index (χ3n) is 4.81. The van der Waals surface area contributed by atoms with Gasteiger partial charge in [0.05, 0.1) is 6.04 Å². The van der Waals surface area contributed by atoms with Crippen LogP contribution in [0.3, 0.4) is 0 Å². The van der Waals surface area contributed by atoms with E-state index in [1.54, 1.807) is 0 Å². The van der Waals surface area contributed by atoms with Crippen molar-refractivity contribution in [3.63, 3.8) is 0 Å². The minimum Gasteiger partial charge on any atom is -0.487 e. The summed E-state index contributed by atoms with van der Waals surface area (Å²) in [4.78, 5) is 12.5. The predicted molar refractivity (Wildman–Crippen MR) is 83.0 cm³/mol. The molecule has 3 N–H and O–H groups in total. The highest BCUT2D eigenvalue weighted by Gasteiger charge is 2.49. The van der Waals surface area contributed by atoms with Crippen molar-refractivity contribution >= 4 is 11.6 Å². The Kier molecular flexibility index (Phi) is 3.15. The molecule has 3 rings (SSSR count). The molecule has 1 unspecified atom stereocenters. The second-order valence-electron chi connectivity index (χ2n) is 7.02. The Morgan fingerprint density at radius 1 is 1.43 bits per heavy atom. The van der Waals surface area contributed by atoms with Crippen LogP contribution in [0.15, 0.2) is 18.2 Å². The summed E-state index contributed by atoms with van der Waals surface area (Å²) in [7, 11) is 0. The lowest BCUT2D eigenvalue weighted by molar-refractivity contribution is -0.127. The molecular weight excluding hydrogens is 264 g/mol. The fourth-order valence-electron chi connectivity index (χ4n) is 3.21. The van der Waals surface area contributed by atoms with E-state index >= 15 is 0 Å². The van der Waals surface area contributed by atoms with Crippen LogP contribution in [-0.4, -0.2) is 11.5 Å². The molecule has 0 spiro atoms. The first-order chi connectivity index (χ1) is 9.85. The number of anilines is 1. The molecule has 0 radical (unpaired) electrons. The van der Waals surface area contributed by atoms with Crippen LogP contribution in [0.25, 0.3) is 0 Å². The predicted octanol–water partition coefficient (Wildman–Crippen LogP) is 3.18. The second kappa shape index (κ2) is 4.65. The van der Waals surface area contributed by atoms with E-state index in [-0.39, 0.29) is 23.0 Å². The molecule has 0 saturated heterocycles. The fraction of sp³-hybridized carbons (Fsp3) is 0.588. The zero-order valence-electron chi connectivity index (χ0n) is 13.0. The highest BCUT2D eigenvalue weighted by Crippen LogP contribution is 2.50. The van der Waals surface area contributed by atoms with Crippen molar-refractivity contribution in [3.8, 4) is 5.75 Å². The van der Waals surface area contributed by atoms with Crippen LogP contribution in [-0.2, 0) is 4.79 Å². The fourth-order valence-corrected chi connectivity index (χ4v) is 3.21. The van der Waals surface area contributed by atoms with E-state index in [1.165, 1.54) is 0 Å². The number of rotatable bonds is 3. The first-order valence-electron chi connectivity index (χ1n) is 7.75. The van der Waals surface area contributed by atoms with Crippen molar-refractivity contribution in [2.24, 2.45) is 5.41 Å². The van der Waals surface area contributed by atoms with Crippen LogP contribution in [0, 0.1) is 5.41 Å². The molecule has 2 aliphatic rings. The molecule has 1 atom stereocenters. The SMILES string of the molecule is CCC1(C(=O)NC2CC(C)(C)Oc3ccc(N)cc32)CC1. The summed E-state index contributed by atoms with van der Waals surface area (Å²) in [6, 6.07) is 5.63. The Balaban J connectivity index is 1.88. The first-order valence-corrected chi connectivity index (χ1v) is 7.75. The van der Waals surface area contributed by atoms with Crippen LogP contribution < -0.4 is 15.8 Å². The molecule has 1 aromatic rings. The van der Waals surface area contributed by atoms with Gasteiger partial charge in [0.25, 0.3) is 0 Å². The number of carbonyl (C=O) groups excluding carboxylic acids is 1. The lowest BCUT2D eigenvalue weighted by atomic mass is 9.88. The van der Waals surface area contributed by atoms with Crippen molar-refractivity contribution in [2.75, 3.05) is 5.73 Å². The lowest BCUT2D eigenvalue weighted by Crippen LogP contribution is -2.43. The molecule has 114 valence electrons. The molecule has 1 amide bonds. The smallest absolute Gasteiger partial charge is 0.226 e. The summed E-state index contributed by atoms with van der Waals surface area (Å²) >= 11 is 0. The van der Waals surface area contributed by atoms with Gasteiger partial charge < -0.3 is 15.8 Å². The van der Waals surface area contributed by atoms with Crippen molar-refractivity contribution in [2.45, 2.75) is 58.1 Å². The summed E-state index contributed by atoms with van der Waals surface area (Å²) in [5.41, 5.74) is 7.19. The minimum absolute atomic E-state index is 0.0243. The maximum Gasteiger partial charge on any atom is 0.226 e. The first kappa shape index (κ1) is 14.2. The van der Waals surface area contributed by atoms with E-state index in [4.69, 9.17) is 10.5 Å². The van der Waals surface area contributed by atoms with E-state index in [9.17, 15) is 4.79 Å². The molecule has 4 heteroatoms. The molecule has 4 nitrogen and oxygen atoms in total. The summed E-state index contributed by atoms with van der Waals surface area (Å²) in [6.45, 7) is 6.20. The highest BCUT2D eigenvalue weighted by molar-refractivity contribution is 5.85. The molecule has 1 aliphatic carbocycles. The van der Waals surface area contributed by atoms with Crippen molar-refractivity contribution in [1.29, 1.82) is 0 Å². The number of benzene rings is 1. The number of amides is 1. The zero-order chi connectivity index (χ0) is 15.3. The zero-order valence-corrected chi connectivity index (χ0v) is 13.0. The quantitative estimate of drug-likeness (QED) is 0.840. The third-order valence-corrected chi connectivity index (χ3v) is 4.81. The Bertz CT molecular complexity index is 576. The number of fused-ring (bicyclic) bond motifs is 1. The van der Waals surface area contributed by atoms with Crippen LogP contribution in [0.1, 0.15) is 58.1 Å². The molecule has 1 heterocycles. The Morgan fingerprint density at radius 3 is 2.76 bits per heavy atom. The summed E-state index contributed by atoms with van der Waals surface area (Å²) in [6.07, 6.45) is 3.68. The number of hydrogen-bond acceptors (Lipinski definition) is 3. The Morgan fingerprint density at radius 2 is 2.14 bits per heavy atom. The largest absolute Gasteiger partial charge is 0.487 e. The van der Waals surface area contributed by atoms with E-state index < -0.39 is 0 Å². The maximum atomic E-state index is 12.5. The summed E-state index contributed by atoms with van der Waals surface area (Å²) < 4.78 is 6.01. The van der Waals surface area contributed by atoms with Gasteiger partial charge in [-0.25, -0.2) is 0 Å². The second-order valence-corrected chi connectivity index (χ2v) is 7.02. The van der Waals surface area contributed by atoms with Gasteiger partial charge in [0.1, 0.15) is 11.4 Å². The third kappa shape index (κ3) is 2.59. The van der Waals surface area contributed by atoms with E-state index in [0.717, 1.165) is 37.0 Å². The molecule has 21 heavy (non-hydrogen) atoms. The van der Waals surface area contributed by atoms with E-state index in [0.29, 0.717) is 5.69 Å². The van der Waals surface area contributed by atoms with Crippen LogP contribution in [0.2, 0.25) is 0 Å². The van der Waals surface area contributed by atoms with Crippen molar-refractivity contribution < 1.29 is 9.53 Å². The van der Waals surface area contributed by atoms with E-state index in [2.05, 4.69) is 26.1 Å². The molecule has 0 aromatic heterocycles. The van der Waals surface area contributed by atoms with Gasteiger partial charge in [-0.2, -0.15) is 0 Å². The number of ether oxygens (including phenoxy) is 1. The number of carbonyl (C=O) groups is 1. The Hall–Kier alpha value is -1.71. The molecule has 1 aliphatic heterocycles. The van der Waals surface area contributed by atoms with Gasteiger partial charge in [0.15, 0.2) is 0 Å². The molecule has 1 aromatic carbocycles. The van der Waals surface area contributed by atoms with Crippen LogP contribution >= 0.6 is 0 Å². The number of nitrogens with two attached hydrogens (primary N) is 1. The number of hydrogen-bond donors (Lipinski definition) is 2. The van der Waals surface area contributed by atoms with Gasteiger partial charge in [-0.3, -0.25) is 4.79 Å². The maximum absolute atomic E-state index is 12.5. The van der Waals surface area contributed by atoms with Crippen LogP contribution in [0.4, 0.5) is 5.69 Å².